The first-order valence-corrected chi connectivity index (χ1v) is 11.3. The van der Waals surface area contributed by atoms with Crippen LogP contribution in [-0.2, 0) is 10.0 Å². The van der Waals surface area contributed by atoms with Crippen LogP contribution >= 0.6 is 11.6 Å². The third kappa shape index (κ3) is 5.01. The van der Waals surface area contributed by atoms with Crippen LogP contribution in [0.15, 0.2) is 71.6 Å². The summed E-state index contributed by atoms with van der Waals surface area (Å²) in [5, 5.41) is 3.09. The molecule has 1 amide bonds. The Morgan fingerprint density at radius 3 is 2.27 bits per heavy atom. The number of aryl methyl sites for hydroxylation is 2. The van der Waals surface area contributed by atoms with Crippen molar-refractivity contribution in [2.75, 3.05) is 4.72 Å². The molecule has 0 unspecified atom stereocenters. The minimum Gasteiger partial charge on any atom is -0.345 e. The summed E-state index contributed by atoms with van der Waals surface area (Å²) in [5.41, 5.74) is 3.89. The number of halogens is 1. The quantitative estimate of drug-likeness (QED) is 0.547. The van der Waals surface area contributed by atoms with Crippen molar-refractivity contribution in [3.05, 3.63) is 94.0 Å². The van der Waals surface area contributed by atoms with Crippen molar-refractivity contribution in [3.8, 4) is 0 Å². The minimum atomic E-state index is -3.74. The highest BCUT2D eigenvalue weighted by molar-refractivity contribution is 7.92. The van der Waals surface area contributed by atoms with E-state index in [-0.39, 0.29) is 33.1 Å². The first-order chi connectivity index (χ1) is 14.2. The molecule has 0 aliphatic rings. The average Bonchev–Trinajstić information content (AvgIpc) is 2.70. The maximum atomic E-state index is 12.7. The highest BCUT2D eigenvalue weighted by Crippen LogP contribution is 2.24. The summed E-state index contributed by atoms with van der Waals surface area (Å²) in [6, 6.07) is 18.3. The Kier molecular flexibility index (Phi) is 6.48. The van der Waals surface area contributed by atoms with Crippen LogP contribution in [0.2, 0.25) is 5.02 Å². The summed E-state index contributed by atoms with van der Waals surface area (Å²) in [6.45, 7) is 5.97. The summed E-state index contributed by atoms with van der Waals surface area (Å²) in [5.74, 6) is -0.330. The highest BCUT2D eigenvalue weighted by atomic mass is 35.5. The highest BCUT2D eigenvalue weighted by Gasteiger charge is 2.17. The van der Waals surface area contributed by atoms with Crippen LogP contribution in [0.3, 0.4) is 0 Å². The first-order valence-electron chi connectivity index (χ1n) is 9.43. The fourth-order valence-electron chi connectivity index (χ4n) is 2.97. The largest absolute Gasteiger partial charge is 0.345 e. The molecule has 0 fully saturated rings. The van der Waals surface area contributed by atoms with Gasteiger partial charge in [0.15, 0.2) is 0 Å². The van der Waals surface area contributed by atoms with Crippen LogP contribution in [0.4, 0.5) is 5.69 Å². The number of hydrogen-bond acceptors (Lipinski definition) is 3. The third-order valence-corrected chi connectivity index (χ3v) is 6.61. The maximum absolute atomic E-state index is 12.7. The molecule has 0 spiro atoms. The van der Waals surface area contributed by atoms with Crippen LogP contribution in [0.5, 0.6) is 0 Å². The lowest BCUT2D eigenvalue weighted by Crippen LogP contribution is -2.27. The Bertz CT molecular complexity index is 1180. The molecule has 156 valence electrons. The van der Waals surface area contributed by atoms with E-state index in [9.17, 15) is 13.2 Å². The molecule has 5 nitrogen and oxygen atoms in total. The molecule has 0 aliphatic carbocycles. The van der Waals surface area contributed by atoms with Gasteiger partial charge < -0.3 is 5.32 Å². The predicted molar refractivity (Wildman–Crippen MR) is 120 cm³/mol. The van der Waals surface area contributed by atoms with Crippen LogP contribution < -0.4 is 10.0 Å². The second-order valence-electron chi connectivity index (χ2n) is 7.15. The summed E-state index contributed by atoms with van der Waals surface area (Å²) in [6.07, 6.45) is 0. The maximum Gasteiger partial charge on any atom is 0.261 e. The normalized spacial score (nSPS) is 12.3. The number of nitrogens with one attached hydrogen (secondary N) is 2. The SMILES string of the molecule is Cc1ccc([C@@H](C)NC(=O)c2ccc(NS(=O)(=O)c3ccccc3)cc2Cl)cc1C. The zero-order valence-electron chi connectivity index (χ0n) is 16.9. The standard InChI is InChI=1S/C23H23ClN2O3S/c1-15-9-10-18(13-16(15)2)17(3)25-23(27)21-12-11-19(14-22(21)24)26-30(28,29)20-7-5-4-6-8-20/h4-14,17,26H,1-3H3,(H,25,27)/t17-/m1/s1. The van der Waals surface area contributed by atoms with Gasteiger partial charge in [0.05, 0.1) is 27.2 Å². The van der Waals surface area contributed by atoms with E-state index in [0.29, 0.717) is 0 Å². The van der Waals surface area contributed by atoms with Gasteiger partial charge in [0.25, 0.3) is 15.9 Å². The van der Waals surface area contributed by atoms with Gasteiger partial charge in [-0.25, -0.2) is 8.42 Å². The van der Waals surface area contributed by atoms with Crippen LogP contribution in [-0.4, -0.2) is 14.3 Å². The molecule has 0 aromatic heterocycles. The Morgan fingerprint density at radius 1 is 0.933 bits per heavy atom. The minimum absolute atomic E-state index is 0.144. The van der Waals surface area contributed by atoms with Crippen molar-refractivity contribution in [1.82, 2.24) is 5.32 Å². The molecule has 0 bridgehead atoms. The average molecular weight is 443 g/mol. The van der Waals surface area contributed by atoms with Crippen molar-refractivity contribution in [1.29, 1.82) is 0 Å². The predicted octanol–water partition coefficient (Wildman–Crippen LogP) is 5.25. The number of sulfonamides is 1. The molecule has 0 heterocycles. The number of carbonyl (C=O) groups is 1. The van der Waals surface area contributed by atoms with Gasteiger partial charge in [0, 0.05) is 0 Å². The zero-order valence-corrected chi connectivity index (χ0v) is 18.5. The Labute approximate surface area is 182 Å². The molecule has 3 aromatic carbocycles. The van der Waals surface area contributed by atoms with E-state index in [1.54, 1.807) is 18.2 Å². The van der Waals surface area contributed by atoms with E-state index in [0.717, 1.165) is 11.1 Å². The van der Waals surface area contributed by atoms with Crippen LogP contribution in [0.1, 0.15) is 40.0 Å². The number of rotatable bonds is 6. The van der Waals surface area contributed by atoms with Crippen LogP contribution in [0, 0.1) is 13.8 Å². The number of amides is 1. The van der Waals surface area contributed by atoms with Crippen LogP contribution in [0.25, 0.3) is 0 Å². The Morgan fingerprint density at radius 2 is 1.63 bits per heavy atom. The van der Waals surface area contributed by atoms with Crippen molar-refractivity contribution < 1.29 is 13.2 Å². The second kappa shape index (κ2) is 8.90. The van der Waals surface area contributed by atoms with Gasteiger partial charge in [-0.05, 0) is 67.8 Å². The molecule has 1 atom stereocenters. The number of anilines is 1. The summed E-state index contributed by atoms with van der Waals surface area (Å²) >= 11 is 6.28. The van der Waals surface area contributed by atoms with Gasteiger partial charge in [-0.2, -0.15) is 0 Å². The van der Waals surface area contributed by atoms with Crippen molar-refractivity contribution in [2.45, 2.75) is 31.7 Å². The molecule has 30 heavy (non-hydrogen) atoms. The number of benzene rings is 3. The number of hydrogen-bond donors (Lipinski definition) is 2. The molecule has 3 aromatic rings. The molecule has 0 radical (unpaired) electrons. The van der Waals surface area contributed by atoms with Gasteiger partial charge in [0.2, 0.25) is 0 Å². The lowest BCUT2D eigenvalue weighted by Gasteiger charge is -2.17. The van der Waals surface area contributed by atoms with Gasteiger partial charge in [-0.3, -0.25) is 9.52 Å². The Hall–Kier alpha value is -2.83. The summed E-state index contributed by atoms with van der Waals surface area (Å²) in [4.78, 5) is 12.8. The third-order valence-electron chi connectivity index (χ3n) is 4.90. The molecule has 0 saturated carbocycles. The summed E-state index contributed by atoms with van der Waals surface area (Å²) in [7, 11) is -3.74. The van der Waals surface area contributed by atoms with E-state index in [1.165, 1.54) is 35.9 Å². The number of carbonyl (C=O) groups excluding carboxylic acids is 1. The molecular formula is C23H23ClN2O3S. The molecule has 0 saturated heterocycles. The summed E-state index contributed by atoms with van der Waals surface area (Å²) < 4.78 is 27.4. The second-order valence-corrected chi connectivity index (χ2v) is 9.24. The molecule has 2 N–H and O–H groups in total. The molecular weight excluding hydrogens is 420 g/mol. The Balaban J connectivity index is 1.74. The van der Waals surface area contributed by atoms with E-state index >= 15 is 0 Å². The first kappa shape index (κ1) is 21.9. The van der Waals surface area contributed by atoms with Crippen molar-refractivity contribution in [3.63, 3.8) is 0 Å². The molecule has 0 aliphatic heterocycles. The molecule has 3 rings (SSSR count). The van der Waals surface area contributed by atoms with E-state index < -0.39 is 10.0 Å². The zero-order chi connectivity index (χ0) is 21.9. The van der Waals surface area contributed by atoms with Crippen molar-refractivity contribution in [2.24, 2.45) is 0 Å². The lowest BCUT2D eigenvalue weighted by molar-refractivity contribution is 0.0940. The smallest absolute Gasteiger partial charge is 0.261 e. The van der Waals surface area contributed by atoms with Gasteiger partial charge in [0.1, 0.15) is 0 Å². The van der Waals surface area contributed by atoms with Crippen molar-refractivity contribution >= 4 is 33.2 Å². The lowest BCUT2D eigenvalue weighted by atomic mass is 10.0. The van der Waals surface area contributed by atoms with E-state index in [1.807, 2.05) is 39.0 Å². The van der Waals surface area contributed by atoms with Gasteiger partial charge in [-0.1, -0.05) is 48.0 Å². The topological polar surface area (TPSA) is 75.3 Å². The fraction of sp³-hybridized carbons (Fsp3) is 0.174. The molecule has 7 heteroatoms. The van der Waals surface area contributed by atoms with E-state index in [2.05, 4.69) is 10.0 Å². The fourth-order valence-corrected chi connectivity index (χ4v) is 4.31. The van der Waals surface area contributed by atoms with E-state index in [4.69, 9.17) is 11.6 Å². The van der Waals surface area contributed by atoms with Gasteiger partial charge >= 0.3 is 0 Å². The monoisotopic (exact) mass is 442 g/mol. The van der Waals surface area contributed by atoms with Gasteiger partial charge in [-0.15, -0.1) is 0 Å².